The van der Waals surface area contributed by atoms with Crippen LogP contribution in [-0.2, 0) is 4.79 Å². The quantitative estimate of drug-likeness (QED) is 0.108. The van der Waals surface area contributed by atoms with Gasteiger partial charge in [0.15, 0.2) is 0 Å². The van der Waals surface area contributed by atoms with Crippen LogP contribution in [0.5, 0.6) is 5.75 Å². The fraction of sp³-hybridized carbons (Fsp3) is 0.387. The lowest BCUT2D eigenvalue weighted by molar-refractivity contribution is -0.122. The van der Waals surface area contributed by atoms with E-state index in [1.807, 2.05) is 65.5 Å². The normalized spacial score (nSPS) is 14.5. The number of rotatable bonds is 14. The van der Waals surface area contributed by atoms with Gasteiger partial charge >= 0.3 is 0 Å². The van der Waals surface area contributed by atoms with Crippen molar-refractivity contribution in [3.8, 4) is 22.7 Å². The number of hydrogen-bond donors (Lipinski definition) is 0. The number of aromatic nitrogens is 2. The molecule has 3 aromatic rings. The van der Waals surface area contributed by atoms with Gasteiger partial charge in [-0.3, -0.25) is 9.69 Å². The van der Waals surface area contributed by atoms with E-state index in [4.69, 9.17) is 33.7 Å². The first-order chi connectivity index (χ1) is 19.0. The summed E-state index contributed by atoms with van der Waals surface area (Å²) < 4.78 is 8.29. The second-order valence-electron chi connectivity index (χ2n) is 9.66. The highest BCUT2D eigenvalue weighted by Gasteiger charge is 2.32. The third-order valence-corrected chi connectivity index (χ3v) is 8.29. The molecule has 0 saturated carbocycles. The number of ether oxygens (including phenoxy) is 1. The number of carbonyl (C=O) groups is 1. The number of carbonyl (C=O) groups excluding carboxylic acids is 1. The van der Waals surface area contributed by atoms with Crippen molar-refractivity contribution in [1.82, 2.24) is 14.7 Å². The molecule has 8 heteroatoms. The van der Waals surface area contributed by atoms with Gasteiger partial charge < -0.3 is 4.74 Å². The first kappa shape index (κ1) is 29.4. The van der Waals surface area contributed by atoms with E-state index in [2.05, 4.69) is 13.8 Å². The topological polar surface area (TPSA) is 47.4 Å². The van der Waals surface area contributed by atoms with Crippen LogP contribution in [0.1, 0.15) is 70.8 Å². The van der Waals surface area contributed by atoms with Crippen molar-refractivity contribution in [2.45, 2.75) is 65.2 Å². The third kappa shape index (κ3) is 7.74. The third-order valence-electron chi connectivity index (χ3n) is 6.62. The molecule has 2 aromatic carbocycles. The van der Waals surface area contributed by atoms with Crippen molar-refractivity contribution < 1.29 is 9.53 Å². The van der Waals surface area contributed by atoms with Gasteiger partial charge in [-0.25, -0.2) is 4.68 Å². The van der Waals surface area contributed by atoms with Crippen LogP contribution in [0.4, 0.5) is 0 Å². The van der Waals surface area contributed by atoms with Gasteiger partial charge in [0.05, 0.1) is 22.2 Å². The average Bonchev–Trinajstić information content (AvgIpc) is 3.48. The van der Waals surface area contributed by atoms with Gasteiger partial charge in [-0.1, -0.05) is 106 Å². The Kier molecular flexibility index (Phi) is 11.1. The molecule has 4 rings (SSSR count). The van der Waals surface area contributed by atoms with Gasteiger partial charge in [0.2, 0.25) is 0 Å². The molecule has 1 saturated heterocycles. The zero-order valence-corrected chi connectivity index (χ0v) is 25.1. The lowest BCUT2D eigenvalue weighted by Gasteiger charge is -2.14. The molecule has 1 amide bonds. The lowest BCUT2D eigenvalue weighted by Crippen LogP contribution is -2.29. The maximum Gasteiger partial charge on any atom is 0.266 e. The number of unbranched alkanes of at least 4 members (excludes halogenated alkanes) is 6. The van der Waals surface area contributed by atoms with Crippen LogP contribution >= 0.6 is 35.6 Å². The van der Waals surface area contributed by atoms with Gasteiger partial charge in [-0.15, -0.1) is 0 Å². The second kappa shape index (κ2) is 14.7. The Hall–Kier alpha value is -2.61. The van der Waals surface area contributed by atoms with Crippen molar-refractivity contribution >= 4 is 51.9 Å². The fourth-order valence-electron chi connectivity index (χ4n) is 4.41. The Morgan fingerprint density at radius 1 is 1.00 bits per heavy atom. The Labute approximate surface area is 246 Å². The average molecular weight is 582 g/mol. The van der Waals surface area contributed by atoms with E-state index >= 15 is 0 Å². The molecule has 39 heavy (non-hydrogen) atoms. The number of halogens is 1. The first-order valence-electron chi connectivity index (χ1n) is 13.8. The van der Waals surface area contributed by atoms with Gasteiger partial charge in [-0.05, 0) is 49.2 Å². The molecule has 1 fully saturated rings. The Bertz CT molecular complexity index is 1310. The minimum atomic E-state index is -0.0327. The molecule has 1 aliphatic heterocycles. The summed E-state index contributed by atoms with van der Waals surface area (Å²) in [4.78, 5) is 15.7. The van der Waals surface area contributed by atoms with Gasteiger partial charge in [0.1, 0.15) is 15.8 Å². The molecule has 0 N–H and O–H groups in total. The molecule has 0 bridgehead atoms. The molecule has 5 nitrogen and oxygen atoms in total. The van der Waals surface area contributed by atoms with E-state index in [1.54, 1.807) is 4.90 Å². The summed E-state index contributed by atoms with van der Waals surface area (Å²) in [6.45, 7) is 5.64. The predicted octanol–water partition coefficient (Wildman–Crippen LogP) is 8.93. The highest BCUT2D eigenvalue weighted by atomic mass is 35.5. The number of amides is 1. The molecule has 0 aliphatic carbocycles. The number of nitrogens with zero attached hydrogens (tertiary/aromatic N) is 3. The van der Waals surface area contributed by atoms with Crippen LogP contribution in [0, 0.1) is 0 Å². The molecular weight excluding hydrogens is 546 g/mol. The zero-order valence-electron chi connectivity index (χ0n) is 22.7. The summed E-state index contributed by atoms with van der Waals surface area (Å²) in [5, 5.41) is 5.43. The molecule has 0 unspecified atom stereocenters. The number of thioether (sulfide) groups is 1. The van der Waals surface area contributed by atoms with E-state index < -0.39 is 0 Å². The Morgan fingerprint density at radius 2 is 1.74 bits per heavy atom. The minimum Gasteiger partial charge on any atom is -0.492 e. The van der Waals surface area contributed by atoms with E-state index in [0.29, 0.717) is 33.1 Å². The molecule has 206 valence electrons. The molecular formula is C31H36ClN3O2S2. The van der Waals surface area contributed by atoms with Crippen LogP contribution in [-0.4, -0.2) is 38.1 Å². The highest BCUT2D eigenvalue weighted by Crippen LogP contribution is 2.36. The monoisotopic (exact) mass is 581 g/mol. The van der Waals surface area contributed by atoms with Gasteiger partial charge in [0.25, 0.3) is 5.91 Å². The van der Waals surface area contributed by atoms with Gasteiger partial charge in [-0.2, -0.15) is 5.10 Å². The summed E-state index contributed by atoms with van der Waals surface area (Å²) in [6, 6.07) is 15.6. The summed E-state index contributed by atoms with van der Waals surface area (Å²) >= 11 is 13.5. The summed E-state index contributed by atoms with van der Waals surface area (Å²) in [7, 11) is 0. The standard InChI is InChI=1S/C31H36ClN3O2S2/c1-3-5-7-8-9-13-18-34-30(36)28(39-31(34)38)21-24-22-35(25-14-11-10-12-15-25)33-29(24)23-16-17-27(26(32)20-23)37-19-6-4-2/h10-12,14-17,20-22H,3-9,13,18-19H2,1-2H3/b28-21-. The van der Waals surface area contributed by atoms with Crippen molar-refractivity contribution in [2.24, 2.45) is 0 Å². The zero-order chi connectivity index (χ0) is 27.6. The molecule has 0 radical (unpaired) electrons. The van der Waals surface area contributed by atoms with Crippen LogP contribution in [0.2, 0.25) is 5.02 Å². The van der Waals surface area contributed by atoms with E-state index in [0.717, 1.165) is 48.2 Å². The predicted molar refractivity (Wildman–Crippen MR) is 168 cm³/mol. The summed E-state index contributed by atoms with van der Waals surface area (Å²) in [6.07, 6.45) is 12.9. The van der Waals surface area contributed by atoms with Gasteiger partial charge in [0, 0.05) is 23.9 Å². The molecule has 2 heterocycles. The minimum absolute atomic E-state index is 0.0327. The second-order valence-corrected chi connectivity index (χ2v) is 11.7. The SMILES string of the molecule is CCCCCCCCN1C(=O)/C(=C/c2cn(-c3ccccc3)nc2-c2ccc(OCCCC)c(Cl)c2)SC1=S. The van der Waals surface area contributed by atoms with Crippen molar-refractivity contribution in [1.29, 1.82) is 0 Å². The highest BCUT2D eigenvalue weighted by molar-refractivity contribution is 8.26. The van der Waals surface area contributed by atoms with Crippen molar-refractivity contribution in [3.63, 3.8) is 0 Å². The van der Waals surface area contributed by atoms with Crippen molar-refractivity contribution in [2.75, 3.05) is 13.2 Å². The number of benzene rings is 2. The Morgan fingerprint density at radius 3 is 2.49 bits per heavy atom. The van der Waals surface area contributed by atoms with Crippen molar-refractivity contribution in [3.05, 3.63) is 70.2 Å². The van der Waals surface area contributed by atoms with Crippen LogP contribution in [0.25, 0.3) is 23.0 Å². The number of thiocarbonyl (C=S) groups is 1. The number of hydrogen-bond acceptors (Lipinski definition) is 5. The molecule has 0 atom stereocenters. The molecule has 1 aliphatic rings. The summed E-state index contributed by atoms with van der Waals surface area (Å²) in [5.74, 6) is 0.628. The van der Waals surface area contributed by atoms with Crippen LogP contribution in [0.3, 0.4) is 0 Å². The maximum absolute atomic E-state index is 13.3. The fourth-order valence-corrected chi connectivity index (χ4v) is 5.94. The smallest absolute Gasteiger partial charge is 0.266 e. The lowest BCUT2D eigenvalue weighted by atomic mass is 10.1. The van der Waals surface area contributed by atoms with E-state index in [1.165, 1.54) is 37.4 Å². The molecule has 1 aromatic heterocycles. The van der Waals surface area contributed by atoms with Crippen LogP contribution in [0.15, 0.2) is 59.6 Å². The summed E-state index contributed by atoms with van der Waals surface area (Å²) in [5.41, 5.74) is 3.35. The number of para-hydroxylation sites is 1. The van der Waals surface area contributed by atoms with Crippen LogP contribution < -0.4 is 4.74 Å². The first-order valence-corrected chi connectivity index (χ1v) is 15.4. The largest absolute Gasteiger partial charge is 0.492 e. The Balaban J connectivity index is 1.59. The maximum atomic E-state index is 13.3. The van der Waals surface area contributed by atoms with E-state index in [-0.39, 0.29) is 5.91 Å². The van der Waals surface area contributed by atoms with E-state index in [9.17, 15) is 4.79 Å². The molecule has 0 spiro atoms.